The minimum Gasteiger partial charge on any atom is -0.387 e. The van der Waals surface area contributed by atoms with Crippen molar-refractivity contribution in [1.29, 1.82) is 0 Å². The SMILES string of the molecule is NC(=O)CN(CC(O)c1ccccc1)C1CCCC1. The van der Waals surface area contributed by atoms with E-state index in [1.165, 1.54) is 12.8 Å². The molecule has 2 rings (SSSR count). The predicted molar refractivity (Wildman–Crippen MR) is 74.4 cm³/mol. The van der Waals surface area contributed by atoms with E-state index in [0.29, 0.717) is 12.6 Å². The molecule has 0 aromatic heterocycles. The first-order chi connectivity index (χ1) is 9.16. The molecule has 1 unspecified atom stereocenters. The molecule has 1 aromatic carbocycles. The topological polar surface area (TPSA) is 66.6 Å². The summed E-state index contributed by atoms with van der Waals surface area (Å²) in [6.07, 6.45) is 4.01. The quantitative estimate of drug-likeness (QED) is 0.815. The van der Waals surface area contributed by atoms with Gasteiger partial charge in [0.15, 0.2) is 0 Å². The largest absolute Gasteiger partial charge is 0.387 e. The van der Waals surface area contributed by atoms with Crippen LogP contribution in [0.2, 0.25) is 0 Å². The van der Waals surface area contributed by atoms with Gasteiger partial charge < -0.3 is 10.8 Å². The molecule has 0 heterocycles. The Morgan fingerprint density at radius 3 is 2.53 bits per heavy atom. The van der Waals surface area contributed by atoms with Gasteiger partial charge in [-0.25, -0.2) is 0 Å². The zero-order valence-corrected chi connectivity index (χ0v) is 11.2. The average Bonchev–Trinajstić information content (AvgIpc) is 2.92. The van der Waals surface area contributed by atoms with Gasteiger partial charge in [0.25, 0.3) is 0 Å². The summed E-state index contributed by atoms with van der Waals surface area (Å²) in [6, 6.07) is 9.93. The maximum absolute atomic E-state index is 11.2. The van der Waals surface area contributed by atoms with Crippen LogP contribution in [0.15, 0.2) is 30.3 Å². The number of hydrogen-bond donors (Lipinski definition) is 2. The molecule has 1 amide bonds. The number of aliphatic hydroxyl groups is 1. The Kier molecular flexibility index (Phi) is 4.93. The number of aliphatic hydroxyl groups excluding tert-OH is 1. The van der Waals surface area contributed by atoms with Crippen molar-refractivity contribution in [3.63, 3.8) is 0 Å². The van der Waals surface area contributed by atoms with Gasteiger partial charge in [-0.2, -0.15) is 0 Å². The van der Waals surface area contributed by atoms with E-state index >= 15 is 0 Å². The number of carbonyl (C=O) groups is 1. The Hall–Kier alpha value is -1.39. The third-order valence-corrected chi connectivity index (χ3v) is 3.79. The van der Waals surface area contributed by atoms with Crippen LogP contribution < -0.4 is 5.73 Å². The minimum atomic E-state index is -0.568. The summed E-state index contributed by atoms with van der Waals surface area (Å²) < 4.78 is 0. The number of rotatable bonds is 6. The van der Waals surface area contributed by atoms with Crippen LogP contribution in [0.1, 0.15) is 37.4 Å². The molecule has 1 saturated carbocycles. The van der Waals surface area contributed by atoms with Crippen LogP contribution in [0.5, 0.6) is 0 Å². The maximum atomic E-state index is 11.2. The number of nitrogens with two attached hydrogens (primary N) is 1. The summed E-state index contributed by atoms with van der Waals surface area (Å²) in [4.78, 5) is 13.2. The van der Waals surface area contributed by atoms with Crippen molar-refractivity contribution in [2.45, 2.75) is 37.8 Å². The second-order valence-electron chi connectivity index (χ2n) is 5.26. The molecule has 4 heteroatoms. The zero-order valence-electron chi connectivity index (χ0n) is 11.2. The van der Waals surface area contributed by atoms with Gasteiger partial charge in [0.2, 0.25) is 5.91 Å². The fraction of sp³-hybridized carbons (Fsp3) is 0.533. The molecule has 1 aliphatic carbocycles. The van der Waals surface area contributed by atoms with Gasteiger partial charge in [-0.3, -0.25) is 9.69 Å². The molecule has 3 N–H and O–H groups in total. The monoisotopic (exact) mass is 262 g/mol. The Morgan fingerprint density at radius 1 is 1.32 bits per heavy atom. The molecule has 1 aromatic rings. The van der Waals surface area contributed by atoms with Gasteiger partial charge in [-0.05, 0) is 18.4 Å². The third kappa shape index (κ3) is 4.04. The van der Waals surface area contributed by atoms with E-state index in [1.807, 2.05) is 35.2 Å². The van der Waals surface area contributed by atoms with Gasteiger partial charge in [0, 0.05) is 12.6 Å². The summed E-state index contributed by atoms with van der Waals surface area (Å²) in [5.74, 6) is -0.327. The van der Waals surface area contributed by atoms with E-state index in [0.717, 1.165) is 18.4 Å². The second-order valence-corrected chi connectivity index (χ2v) is 5.26. The Balaban J connectivity index is 2.00. The summed E-state index contributed by atoms with van der Waals surface area (Å²) in [7, 11) is 0. The number of nitrogens with zero attached hydrogens (tertiary/aromatic N) is 1. The van der Waals surface area contributed by atoms with E-state index in [2.05, 4.69) is 0 Å². The highest BCUT2D eigenvalue weighted by Gasteiger charge is 2.25. The van der Waals surface area contributed by atoms with Crippen LogP contribution in [-0.4, -0.2) is 35.0 Å². The number of primary amides is 1. The van der Waals surface area contributed by atoms with Gasteiger partial charge >= 0.3 is 0 Å². The molecule has 0 saturated heterocycles. The van der Waals surface area contributed by atoms with Crippen molar-refractivity contribution < 1.29 is 9.90 Å². The molecule has 19 heavy (non-hydrogen) atoms. The first-order valence-electron chi connectivity index (χ1n) is 6.92. The van der Waals surface area contributed by atoms with Crippen molar-refractivity contribution in [3.8, 4) is 0 Å². The lowest BCUT2D eigenvalue weighted by Crippen LogP contribution is -2.42. The number of carbonyl (C=O) groups excluding carboxylic acids is 1. The van der Waals surface area contributed by atoms with Gasteiger partial charge in [-0.15, -0.1) is 0 Å². The second kappa shape index (κ2) is 6.68. The van der Waals surface area contributed by atoms with Crippen molar-refractivity contribution in [1.82, 2.24) is 4.90 Å². The lowest BCUT2D eigenvalue weighted by Gasteiger charge is -2.29. The van der Waals surface area contributed by atoms with E-state index in [9.17, 15) is 9.90 Å². The fourth-order valence-electron chi connectivity index (χ4n) is 2.82. The van der Waals surface area contributed by atoms with E-state index in [-0.39, 0.29) is 12.5 Å². The van der Waals surface area contributed by atoms with Gasteiger partial charge in [0.1, 0.15) is 0 Å². The first kappa shape index (κ1) is 14.0. The van der Waals surface area contributed by atoms with Crippen molar-refractivity contribution in [2.24, 2.45) is 5.73 Å². The highest BCUT2D eigenvalue weighted by molar-refractivity contribution is 5.76. The summed E-state index contributed by atoms with van der Waals surface area (Å²) in [6.45, 7) is 0.701. The summed E-state index contributed by atoms with van der Waals surface area (Å²) in [5, 5.41) is 10.3. The standard InChI is InChI=1S/C15H22N2O2/c16-15(19)11-17(13-8-4-5-9-13)10-14(18)12-6-2-1-3-7-12/h1-3,6-7,13-14,18H,4-5,8-11H2,(H2,16,19). The van der Waals surface area contributed by atoms with Crippen molar-refractivity contribution in [3.05, 3.63) is 35.9 Å². The van der Waals surface area contributed by atoms with Gasteiger partial charge in [0.05, 0.1) is 12.6 Å². The Morgan fingerprint density at radius 2 is 1.95 bits per heavy atom. The predicted octanol–water partition coefficient (Wildman–Crippen LogP) is 1.45. The highest BCUT2D eigenvalue weighted by Crippen LogP contribution is 2.25. The zero-order chi connectivity index (χ0) is 13.7. The molecule has 1 aliphatic rings. The third-order valence-electron chi connectivity index (χ3n) is 3.79. The first-order valence-corrected chi connectivity index (χ1v) is 6.92. The lowest BCUT2D eigenvalue weighted by atomic mass is 10.1. The molecular weight excluding hydrogens is 240 g/mol. The number of amides is 1. The molecule has 0 bridgehead atoms. The lowest BCUT2D eigenvalue weighted by molar-refractivity contribution is -0.120. The normalized spacial score (nSPS) is 17.8. The molecule has 1 fully saturated rings. The van der Waals surface area contributed by atoms with Crippen molar-refractivity contribution >= 4 is 5.91 Å². The van der Waals surface area contributed by atoms with Crippen LogP contribution in [0.3, 0.4) is 0 Å². The molecular formula is C15H22N2O2. The smallest absolute Gasteiger partial charge is 0.231 e. The van der Waals surface area contributed by atoms with E-state index in [4.69, 9.17) is 5.73 Å². The van der Waals surface area contributed by atoms with Gasteiger partial charge in [-0.1, -0.05) is 43.2 Å². The Bertz CT molecular complexity index is 402. The van der Waals surface area contributed by atoms with Crippen LogP contribution in [0.25, 0.3) is 0 Å². The summed E-state index contributed by atoms with van der Waals surface area (Å²) in [5.41, 5.74) is 6.20. The van der Waals surface area contributed by atoms with E-state index in [1.54, 1.807) is 0 Å². The number of hydrogen-bond acceptors (Lipinski definition) is 3. The molecule has 0 spiro atoms. The molecule has 0 radical (unpaired) electrons. The number of benzene rings is 1. The van der Waals surface area contributed by atoms with Crippen LogP contribution >= 0.6 is 0 Å². The minimum absolute atomic E-state index is 0.231. The van der Waals surface area contributed by atoms with Crippen LogP contribution in [-0.2, 0) is 4.79 Å². The van der Waals surface area contributed by atoms with E-state index < -0.39 is 6.10 Å². The summed E-state index contributed by atoms with van der Waals surface area (Å²) >= 11 is 0. The Labute approximate surface area is 114 Å². The molecule has 104 valence electrons. The highest BCUT2D eigenvalue weighted by atomic mass is 16.3. The van der Waals surface area contributed by atoms with Crippen LogP contribution in [0, 0.1) is 0 Å². The molecule has 0 aliphatic heterocycles. The molecule has 1 atom stereocenters. The average molecular weight is 262 g/mol. The fourth-order valence-corrected chi connectivity index (χ4v) is 2.82. The van der Waals surface area contributed by atoms with Crippen LogP contribution in [0.4, 0.5) is 0 Å². The maximum Gasteiger partial charge on any atom is 0.231 e. The van der Waals surface area contributed by atoms with Crippen molar-refractivity contribution in [2.75, 3.05) is 13.1 Å². The molecule has 4 nitrogen and oxygen atoms in total.